The van der Waals surface area contributed by atoms with Gasteiger partial charge in [0.15, 0.2) is 0 Å². The zero-order valence-corrected chi connectivity index (χ0v) is 10.6. The second-order valence-corrected chi connectivity index (χ2v) is 5.36. The number of likely N-dealkylation sites (N-methyl/N-ethyl adjacent to an activating group) is 1. The molecular weight excluding hydrogens is 230 g/mol. The minimum Gasteiger partial charge on any atom is -0.376 e. The maximum Gasteiger partial charge on any atom is 0.0804 e. The fourth-order valence-corrected chi connectivity index (χ4v) is 3.43. The number of hydrogen-bond donors (Lipinski definition) is 1. The molecule has 1 aliphatic heterocycles. The molecule has 15 heavy (non-hydrogen) atoms. The highest BCUT2D eigenvalue weighted by molar-refractivity contribution is 7.10. The van der Waals surface area contributed by atoms with E-state index in [1.165, 1.54) is 4.88 Å². The average Bonchev–Trinajstić information content (AvgIpc) is 2.80. The van der Waals surface area contributed by atoms with Gasteiger partial charge in [0.25, 0.3) is 0 Å². The van der Waals surface area contributed by atoms with Gasteiger partial charge in [0.1, 0.15) is 0 Å². The number of halogens is 1. The Bertz CT molecular complexity index is 328. The van der Waals surface area contributed by atoms with Crippen molar-refractivity contribution < 1.29 is 4.74 Å². The maximum atomic E-state index is 6.15. The smallest absolute Gasteiger partial charge is 0.0804 e. The van der Waals surface area contributed by atoms with Crippen molar-refractivity contribution in [3.8, 4) is 0 Å². The van der Waals surface area contributed by atoms with Crippen LogP contribution in [0.4, 0.5) is 0 Å². The SMILES string of the molecule is CNC(c1sccc1Cl)C1OCCC1C. The van der Waals surface area contributed by atoms with Crippen LogP contribution < -0.4 is 5.32 Å². The van der Waals surface area contributed by atoms with Crippen molar-refractivity contribution in [1.29, 1.82) is 0 Å². The van der Waals surface area contributed by atoms with Crippen molar-refractivity contribution >= 4 is 22.9 Å². The Hall–Kier alpha value is -0.0900. The number of thiophene rings is 1. The van der Waals surface area contributed by atoms with Crippen molar-refractivity contribution in [2.75, 3.05) is 13.7 Å². The van der Waals surface area contributed by atoms with E-state index in [0.717, 1.165) is 18.1 Å². The molecule has 3 unspecified atom stereocenters. The van der Waals surface area contributed by atoms with Gasteiger partial charge < -0.3 is 10.1 Å². The molecule has 0 aliphatic carbocycles. The summed E-state index contributed by atoms with van der Waals surface area (Å²) in [5.74, 6) is 0.598. The largest absolute Gasteiger partial charge is 0.376 e. The van der Waals surface area contributed by atoms with Crippen LogP contribution in [-0.2, 0) is 4.74 Å². The molecule has 3 atom stereocenters. The van der Waals surface area contributed by atoms with E-state index in [0.29, 0.717) is 5.92 Å². The lowest BCUT2D eigenvalue weighted by atomic mass is 9.97. The second kappa shape index (κ2) is 4.83. The third-order valence-corrected chi connectivity index (χ3v) is 4.45. The first-order valence-corrected chi connectivity index (χ1v) is 6.51. The van der Waals surface area contributed by atoms with Crippen LogP contribution >= 0.6 is 22.9 Å². The summed E-state index contributed by atoms with van der Waals surface area (Å²) in [5.41, 5.74) is 0. The van der Waals surface area contributed by atoms with E-state index in [4.69, 9.17) is 16.3 Å². The fraction of sp³-hybridized carbons (Fsp3) is 0.636. The van der Waals surface area contributed by atoms with Gasteiger partial charge in [-0.05, 0) is 30.8 Å². The van der Waals surface area contributed by atoms with Crippen LogP contribution in [0.25, 0.3) is 0 Å². The summed E-state index contributed by atoms with van der Waals surface area (Å²) >= 11 is 7.85. The van der Waals surface area contributed by atoms with Gasteiger partial charge in [0, 0.05) is 11.5 Å². The first kappa shape index (κ1) is 11.4. The number of nitrogens with one attached hydrogen (secondary N) is 1. The Balaban J connectivity index is 2.20. The van der Waals surface area contributed by atoms with Crippen LogP contribution in [0.1, 0.15) is 24.3 Å². The molecule has 1 aliphatic rings. The predicted molar refractivity (Wildman–Crippen MR) is 64.7 cm³/mol. The highest BCUT2D eigenvalue weighted by Gasteiger charge is 2.33. The van der Waals surface area contributed by atoms with Gasteiger partial charge in [-0.3, -0.25) is 0 Å². The van der Waals surface area contributed by atoms with Crippen LogP contribution in [0.15, 0.2) is 11.4 Å². The minimum absolute atomic E-state index is 0.231. The zero-order chi connectivity index (χ0) is 10.8. The lowest BCUT2D eigenvalue weighted by molar-refractivity contribution is 0.0642. The molecule has 0 radical (unpaired) electrons. The fourth-order valence-electron chi connectivity index (χ4n) is 2.12. The van der Waals surface area contributed by atoms with Crippen molar-refractivity contribution in [1.82, 2.24) is 5.32 Å². The Morgan fingerprint density at radius 3 is 2.93 bits per heavy atom. The lowest BCUT2D eigenvalue weighted by Crippen LogP contribution is -2.32. The topological polar surface area (TPSA) is 21.3 Å². The second-order valence-electron chi connectivity index (χ2n) is 4.00. The van der Waals surface area contributed by atoms with Crippen LogP contribution in [-0.4, -0.2) is 19.8 Å². The van der Waals surface area contributed by atoms with Crippen LogP contribution in [0.2, 0.25) is 5.02 Å². The summed E-state index contributed by atoms with van der Waals surface area (Å²) in [6, 6.07) is 2.18. The molecule has 0 amide bonds. The lowest BCUT2D eigenvalue weighted by Gasteiger charge is -2.25. The molecule has 2 rings (SSSR count). The highest BCUT2D eigenvalue weighted by atomic mass is 35.5. The monoisotopic (exact) mass is 245 g/mol. The van der Waals surface area contributed by atoms with E-state index in [-0.39, 0.29) is 12.1 Å². The molecule has 1 saturated heterocycles. The first-order chi connectivity index (χ1) is 7.24. The molecular formula is C11H16ClNOS. The van der Waals surface area contributed by atoms with Gasteiger partial charge in [-0.15, -0.1) is 11.3 Å². The molecule has 0 spiro atoms. The predicted octanol–water partition coefficient (Wildman–Crippen LogP) is 3.09. The molecule has 4 heteroatoms. The van der Waals surface area contributed by atoms with E-state index < -0.39 is 0 Å². The van der Waals surface area contributed by atoms with Gasteiger partial charge in [0.2, 0.25) is 0 Å². The van der Waals surface area contributed by atoms with Crippen molar-refractivity contribution in [3.63, 3.8) is 0 Å². The standard InChI is InChI=1S/C11H16ClNOS/c1-7-3-5-14-10(7)9(13-2)11-8(12)4-6-15-11/h4,6-7,9-10,13H,3,5H2,1-2H3. The number of hydrogen-bond acceptors (Lipinski definition) is 3. The molecule has 1 aromatic rings. The summed E-state index contributed by atoms with van der Waals surface area (Å²) < 4.78 is 5.78. The third-order valence-electron chi connectivity index (χ3n) is 3.01. The maximum absolute atomic E-state index is 6.15. The summed E-state index contributed by atoms with van der Waals surface area (Å²) in [5, 5.41) is 6.20. The summed E-state index contributed by atoms with van der Waals surface area (Å²) in [6.07, 6.45) is 1.40. The van der Waals surface area contributed by atoms with Crippen LogP contribution in [0, 0.1) is 5.92 Å². The van der Waals surface area contributed by atoms with Gasteiger partial charge in [-0.25, -0.2) is 0 Å². The Kier molecular flexibility index (Phi) is 3.67. The number of rotatable bonds is 3. The highest BCUT2D eigenvalue weighted by Crippen LogP contribution is 2.36. The molecule has 1 aromatic heterocycles. The van der Waals surface area contributed by atoms with Gasteiger partial charge in [0.05, 0.1) is 17.2 Å². The van der Waals surface area contributed by atoms with E-state index in [9.17, 15) is 0 Å². The molecule has 84 valence electrons. The quantitative estimate of drug-likeness (QED) is 0.884. The summed E-state index contributed by atoms with van der Waals surface area (Å²) in [6.45, 7) is 3.11. The molecule has 0 aromatic carbocycles. The Morgan fingerprint density at radius 2 is 2.47 bits per heavy atom. The van der Waals surface area contributed by atoms with E-state index >= 15 is 0 Å². The molecule has 2 nitrogen and oxygen atoms in total. The summed E-state index contributed by atoms with van der Waals surface area (Å²) in [4.78, 5) is 1.19. The minimum atomic E-state index is 0.231. The average molecular weight is 246 g/mol. The molecule has 0 bridgehead atoms. The Morgan fingerprint density at radius 1 is 1.67 bits per heavy atom. The molecule has 0 saturated carbocycles. The van der Waals surface area contributed by atoms with Gasteiger partial charge in [-0.2, -0.15) is 0 Å². The number of ether oxygens (including phenoxy) is 1. The van der Waals surface area contributed by atoms with Crippen molar-refractivity contribution in [3.05, 3.63) is 21.3 Å². The molecule has 1 N–H and O–H groups in total. The molecule has 2 heterocycles. The van der Waals surface area contributed by atoms with E-state index in [1.807, 2.05) is 18.5 Å². The van der Waals surface area contributed by atoms with Crippen molar-refractivity contribution in [2.24, 2.45) is 5.92 Å². The van der Waals surface area contributed by atoms with Crippen LogP contribution in [0.5, 0.6) is 0 Å². The van der Waals surface area contributed by atoms with Gasteiger partial charge in [-0.1, -0.05) is 18.5 Å². The van der Waals surface area contributed by atoms with Crippen LogP contribution in [0.3, 0.4) is 0 Å². The normalized spacial score (nSPS) is 28.2. The van der Waals surface area contributed by atoms with E-state index in [1.54, 1.807) is 11.3 Å². The Labute approximate surface area is 99.6 Å². The summed E-state index contributed by atoms with van der Waals surface area (Å²) in [7, 11) is 1.97. The molecule has 1 fully saturated rings. The van der Waals surface area contributed by atoms with E-state index in [2.05, 4.69) is 12.2 Å². The van der Waals surface area contributed by atoms with Crippen molar-refractivity contribution in [2.45, 2.75) is 25.5 Å². The first-order valence-electron chi connectivity index (χ1n) is 5.25. The zero-order valence-electron chi connectivity index (χ0n) is 9.00. The third kappa shape index (κ3) is 2.21. The van der Waals surface area contributed by atoms with Gasteiger partial charge >= 0.3 is 0 Å².